The van der Waals surface area contributed by atoms with Crippen molar-refractivity contribution in [3.8, 4) is 0 Å². The Hall–Kier alpha value is 0.491. The molecule has 0 aliphatic carbocycles. The van der Waals surface area contributed by atoms with Crippen LogP contribution in [0.4, 0.5) is 0 Å². The van der Waals surface area contributed by atoms with Gasteiger partial charge in [0.25, 0.3) is 0 Å². The molecule has 0 N–H and O–H groups in total. The van der Waals surface area contributed by atoms with Crippen LogP contribution in [-0.2, 0) is 17.1 Å². The minimum atomic E-state index is -2.44. The fourth-order valence-corrected chi connectivity index (χ4v) is 10.8. The second kappa shape index (κ2) is 5.54. The highest BCUT2D eigenvalue weighted by Crippen LogP contribution is 2.17. The summed E-state index contributed by atoms with van der Waals surface area (Å²) in [6.07, 6.45) is 0. The van der Waals surface area contributed by atoms with Crippen molar-refractivity contribution in [2.45, 2.75) is 32.7 Å². The Bertz CT molecular complexity index is 170. The minimum Gasteiger partial charge on any atom is -0.439 e. The van der Waals surface area contributed by atoms with E-state index in [9.17, 15) is 0 Å². The summed E-state index contributed by atoms with van der Waals surface area (Å²) in [5.41, 5.74) is 0. The fraction of sp³-hybridized carbons (Fsp3) is 1.00. The predicted octanol–water partition coefficient (Wildman–Crippen LogP) is 1.57. The maximum absolute atomic E-state index is 5.88. The van der Waals surface area contributed by atoms with Gasteiger partial charge in [-0.1, -0.05) is 0 Å². The van der Waals surface area contributed by atoms with Crippen molar-refractivity contribution in [3.05, 3.63) is 0 Å². The largest absolute Gasteiger partial charge is 0.488 e. The number of hydrogen-bond acceptors (Lipinski definition) is 4. The number of hydrogen-bond donors (Lipinski definition) is 0. The van der Waals surface area contributed by atoms with Crippen LogP contribution in [0.25, 0.3) is 0 Å². The summed E-state index contributed by atoms with van der Waals surface area (Å²) in [6, 6.07) is 0. The standard InChI is InChI=1S/C7H22O4Si3/c1-8-14(7,9-2)11-13(5,6)10-12(3)4/h12H,1-7H3. The van der Waals surface area contributed by atoms with E-state index >= 15 is 0 Å². The van der Waals surface area contributed by atoms with Crippen LogP contribution in [0.15, 0.2) is 0 Å². The van der Waals surface area contributed by atoms with Crippen molar-refractivity contribution >= 4 is 26.4 Å². The zero-order chi connectivity index (χ0) is 11.4. The highest BCUT2D eigenvalue weighted by molar-refractivity contribution is 6.80. The Kier molecular flexibility index (Phi) is 5.73. The normalized spacial score (nSPS) is 13.7. The van der Waals surface area contributed by atoms with Gasteiger partial charge in [0.15, 0.2) is 9.04 Å². The molecule has 0 aromatic carbocycles. The molecule has 7 heteroatoms. The molecule has 0 bridgehead atoms. The Morgan fingerprint density at radius 3 is 1.64 bits per heavy atom. The van der Waals surface area contributed by atoms with Crippen LogP contribution in [0.1, 0.15) is 0 Å². The SMILES string of the molecule is CO[Si](C)(OC)O[Si](C)(C)O[SiH](C)C. The van der Waals surface area contributed by atoms with E-state index in [4.69, 9.17) is 17.1 Å². The first-order chi connectivity index (χ1) is 6.24. The van der Waals surface area contributed by atoms with Crippen molar-refractivity contribution in [1.29, 1.82) is 0 Å². The van der Waals surface area contributed by atoms with Crippen LogP contribution in [0.5, 0.6) is 0 Å². The van der Waals surface area contributed by atoms with Gasteiger partial charge in [-0.3, -0.25) is 0 Å². The lowest BCUT2D eigenvalue weighted by Crippen LogP contribution is -2.52. The summed E-state index contributed by atoms with van der Waals surface area (Å²) in [5, 5.41) is 0. The predicted molar refractivity (Wildman–Crippen MR) is 64.2 cm³/mol. The lowest BCUT2D eigenvalue weighted by Gasteiger charge is -2.33. The monoisotopic (exact) mass is 254 g/mol. The third-order valence-electron chi connectivity index (χ3n) is 1.69. The third kappa shape index (κ3) is 5.39. The van der Waals surface area contributed by atoms with E-state index in [0.29, 0.717) is 0 Å². The van der Waals surface area contributed by atoms with Crippen molar-refractivity contribution in [1.82, 2.24) is 0 Å². The van der Waals surface area contributed by atoms with Crippen molar-refractivity contribution in [2.24, 2.45) is 0 Å². The first-order valence-corrected chi connectivity index (χ1v) is 12.5. The first kappa shape index (κ1) is 14.5. The second-order valence-corrected chi connectivity index (χ2v) is 13.1. The molecule has 0 rings (SSSR count). The second-order valence-electron chi connectivity index (χ2n) is 3.94. The molecule has 0 radical (unpaired) electrons. The summed E-state index contributed by atoms with van der Waals surface area (Å²) < 4.78 is 22.3. The third-order valence-corrected chi connectivity index (χ3v) is 10.8. The van der Waals surface area contributed by atoms with Gasteiger partial charge in [0.2, 0.25) is 0 Å². The average molecular weight is 255 g/mol. The topological polar surface area (TPSA) is 36.9 Å². The quantitative estimate of drug-likeness (QED) is 0.674. The number of rotatable bonds is 6. The summed E-state index contributed by atoms with van der Waals surface area (Å²) in [7, 11) is -2.33. The molecule has 0 unspecified atom stereocenters. The molecule has 0 aromatic heterocycles. The molecule has 0 amide bonds. The van der Waals surface area contributed by atoms with E-state index in [1.807, 2.05) is 19.6 Å². The Morgan fingerprint density at radius 1 is 0.929 bits per heavy atom. The molecule has 0 fully saturated rings. The van der Waals surface area contributed by atoms with Crippen LogP contribution in [0.3, 0.4) is 0 Å². The molecule has 14 heavy (non-hydrogen) atoms. The van der Waals surface area contributed by atoms with Gasteiger partial charge >= 0.3 is 17.4 Å². The van der Waals surface area contributed by atoms with Gasteiger partial charge in [0, 0.05) is 20.8 Å². The summed E-state index contributed by atoms with van der Waals surface area (Å²) in [6.45, 7) is 10.2. The first-order valence-electron chi connectivity index (χ1n) is 4.73. The maximum atomic E-state index is 5.88. The van der Waals surface area contributed by atoms with E-state index in [0.717, 1.165) is 0 Å². The van der Waals surface area contributed by atoms with Crippen LogP contribution >= 0.6 is 0 Å². The van der Waals surface area contributed by atoms with Gasteiger partial charge in [-0.2, -0.15) is 0 Å². The molecule has 0 heterocycles. The van der Waals surface area contributed by atoms with Gasteiger partial charge in [-0.15, -0.1) is 0 Å². The van der Waals surface area contributed by atoms with E-state index in [-0.39, 0.29) is 0 Å². The molecule has 0 spiro atoms. The van der Waals surface area contributed by atoms with E-state index in [1.54, 1.807) is 14.2 Å². The zero-order valence-corrected chi connectivity index (χ0v) is 13.4. The molecule has 4 nitrogen and oxygen atoms in total. The maximum Gasteiger partial charge on any atom is 0.488 e. The molecular weight excluding hydrogens is 232 g/mol. The van der Waals surface area contributed by atoms with Crippen LogP contribution < -0.4 is 0 Å². The van der Waals surface area contributed by atoms with Gasteiger partial charge in [0.05, 0.1) is 0 Å². The van der Waals surface area contributed by atoms with Gasteiger partial charge < -0.3 is 17.1 Å². The zero-order valence-electron chi connectivity index (χ0n) is 10.2. The van der Waals surface area contributed by atoms with Crippen LogP contribution in [-0.4, -0.2) is 40.6 Å². The molecule has 0 atom stereocenters. The van der Waals surface area contributed by atoms with Crippen molar-refractivity contribution in [2.75, 3.05) is 14.2 Å². The summed E-state index contributed by atoms with van der Waals surface area (Å²) in [4.78, 5) is 0. The molecule has 0 saturated heterocycles. The van der Waals surface area contributed by atoms with Crippen LogP contribution in [0, 0.1) is 0 Å². The lowest BCUT2D eigenvalue weighted by atomic mass is 11.8. The fourth-order valence-electron chi connectivity index (χ4n) is 1.20. The van der Waals surface area contributed by atoms with Crippen LogP contribution in [0.2, 0.25) is 32.7 Å². The Morgan fingerprint density at radius 2 is 1.36 bits per heavy atom. The summed E-state index contributed by atoms with van der Waals surface area (Å²) in [5.74, 6) is 0. The van der Waals surface area contributed by atoms with Gasteiger partial charge in [-0.25, -0.2) is 0 Å². The van der Waals surface area contributed by atoms with Gasteiger partial charge in [-0.05, 0) is 26.2 Å². The Balaban J connectivity index is 4.32. The highest BCUT2D eigenvalue weighted by atomic mass is 28.5. The van der Waals surface area contributed by atoms with E-state index < -0.39 is 26.4 Å². The molecule has 0 aliphatic rings. The van der Waals surface area contributed by atoms with Crippen molar-refractivity contribution < 1.29 is 17.1 Å². The molecule has 86 valence electrons. The van der Waals surface area contributed by atoms with Gasteiger partial charge in [0.1, 0.15) is 0 Å². The highest BCUT2D eigenvalue weighted by Gasteiger charge is 2.41. The smallest absolute Gasteiger partial charge is 0.439 e. The van der Waals surface area contributed by atoms with E-state index in [2.05, 4.69) is 13.1 Å². The lowest BCUT2D eigenvalue weighted by molar-refractivity contribution is 0.154. The average Bonchev–Trinajstić information content (AvgIpc) is 2.01. The minimum absolute atomic E-state index is 1.06. The molecule has 0 saturated carbocycles. The van der Waals surface area contributed by atoms with E-state index in [1.165, 1.54) is 0 Å². The molecule has 0 aromatic rings. The molecule has 0 aliphatic heterocycles. The van der Waals surface area contributed by atoms with Crippen molar-refractivity contribution in [3.63, 3.8) is 0 Å². The molecular formula is C7H22O4Si3. The Labute approximate surface area is 90.9 Å². The summed E-state index contributed by atoms with van der Waals surface area (Å²) >= 11 is 0.